The number of rotatable bonds is 4. The van der Waals surface area contributed by atoms with Gasteiger partial charge in [0.05, 0.1) is 24.2 Å². The fourth-order valence-electron chi connectivity index (χ4n) is 3.13. The van der Waals surface area contributed by atoms with Crippen LogP contribution in [0.15, 0.2) is 53.4 Å². The highest BCUT2D eigenvalue weighted by Crippen LogP contribution is 2.30. The average Bonchev–Trinajstić information content (AvgIpc) is 3.32. The maximum Gasteiger partial charge on any atom is 0.296 e. The lowest BCUT2D eigenvalue weighted by molar-refractivity contribution is -0.117. The van der Waals surface area contributed by atoms with Crippen LogP contribution in [0.2, 0.25) is 0 Å². The Labute approximate surface area is 143 Å². The number of amides is 1. The van der Waals surface area contributed by atoms with Crippen LogP contribution in [0.4, 0.5) is 0 Å². The highest BCUT2D eigenvalue weighted by molar-refractivity contribution is 6.42. The maximum atomic E-state index is 12.2. The third-order valence-corrected chi connectivity index (χ3v) is 4.31. The molecule has 1 N–H and O–H groups in total. The number of nitrogens with one attached hydrogen (secondary N) is 1. The van der Waals surface area contributed by atoms with Gasteiger partial charge in [-0.25, -0.2) is 9.67 Å². The van der Waals surface area contributed by atoms with Crippen LogP contribution in [0.1, 0.15) is 40.7 Å². The molecule has 1 unspecified atom stereocenters. The number of ketones is 1. The number of furan rings is 1. The van der Waals surface area contributed by atoms with Gasteiger partial charge in [0.1, 0.15) is 0 Å². The highest BCUT2D eigenvalue weighted by atomic mass is 16.3. The first-order chi connectivity index (χ1) is 12.2. The van der Waals surface area contributed by atoms with Crippen molar-refractivity contribution in [2.24, 2.45) is 0 Å². The molecule has 0 bridgehead atoms. The van der Waals surface area contributed by atoms with Crippen molar-refractivity contribution in [3.63, 3.8) is 0 Å². The molecule has 1 aliphatic carbocycles. The van der Waals surface area contributed by atoms with Crippen molar-refractivity contribution in [1.29, 1.82) is 0 Å². The van der Waals surface area contributed by atoms with E-state index in [0.717, 1.165) is 36.3 Å². The number of nitrogens with zero attached hydrogens (tertiary/aromatic N) is 3. The topological polar surface area (TPSA) is 90.0 Å². The van der Waals surface area contributed by atoms with Crippen LogP contribution in [0.3, 0.4) is 0 Å². The molecular weight excluding hydrogens is 320 g/mol. The summed E-state index contributed by atoms with van der Waals surface area (Å²) < 4.78 is 6.80. The summed E-state index contributed by atoms with van der Waals surface area (Å²) in [7, 11) is 0. The van der Waals surface area contributed by atoms with Crippen LogP contribution in [-0.2, 0) is 11.2 Å². The molecule has 25 heavy (non-hydrogen) atoms. The van der Waals surface area contributed by atoms with Crippen molar-refractivity contribution in [1.82, 2.24) is 20.1 Å². The van der Waals surface area contributed by atoms with Crippen LogP contribution in [0, 0.1) is 0 Å². The molecule has 4 rings (SSSR count). The number of hydrogen-bond acceptors (Lipinski definition) is 5. The van der Waals surface area contributed by atoms with Crippen molar-refractivity contribution in [3.05, 3.63) is 66.0 Å². The summed E-state index contributed by atoms with van der Waals surface area (Å²) in [4.78, 5) is 28.6. The van der Waals surface area contributed by atoms with E-state index in [4.69, 9.17) is 4.42 Å². The molecule has 0 radical (unpaired) electrons. The predicted octanol–water partition coefficient (Wildman–Crippen LogP) is 2.24. The maximum absolute atomic E-state index is 12.2. The van der Waals surface area contributed by atoms with Crippen molar-refractivity contribution in [2.45, 2.75) is 25.3 Å². The fraction of sp³-hybridized carbons (Fsp3) is 0.222. The summed E-state index contributed by atoms with van der Waals surface area (Å²) >= 11 is 0. The first-order valence-electron chi connectivity index (χ1n) is 8.11. The minimum Gasteiger partial charge on any atom is -0.461 e. The van der Waals surface area contributed by atoms with Crippen LogP contribution in [0.25, 0.3) is 5.82 Å². The standard InChI is InChI=1S/C18H16N4O3/c23-17(15-7-4-10-25-15)18(24)21-13-5-3-6-14-12(13)11-20-22(14)16-8-1-2-9-19-16/h1-2,4,7-11,13H,3,5-6H2,(H,21,24). The number of aromatic nitrogens is 3. The number of carbonyl (C=O) groups is 2. The van der Waals surface area contributed by atoms with E-state index in [1.807, 2.05) is 18.2 Å². The molecule has 3 aromatic rings. The van der Waals surface area contributed by atoms with E-state index in [1.165, 1.54) is 12.3 Å². The molecule has 7 nitrogen and oxygen atoms in total. The van der Waals surface area contributed by atoms with E-state index in [9.17, 15) is 9.59 Å². The predicted molar refractivity (Wildman–Crippen MR) is 88.2 cm³/mol. The fourth-order valence-corrected chi connectivity index (χ4v) is 3.13. The largest absolute Gasteiger partial charge is 0.461 e. The minimum atomic E-state index is -0.672. The van der Waals surface area contributed by atoms with E-state index in [-0.39, 0.29) is 11.8 Å². The van der Waals surface area contributed by atoms with Gasteiger partial charge in [0.2, 0.25) is 0 Å². The Kier molecular flexibility index (Phi) is 3.89. The van der Waals surface area contributed by atoms with Gasteiger partial charge in [0.15, 0.2) is 11.6 Å². The molecule has 0 saturated heterocycles. The Bertz CT molecular complexity index is 900. The number of hydrogen-bond donors (Lipinski definition) is 1. The van der Waals surface area contributed by atoms with Gasteiger partial charge in [-0.05, 0) is 43.5 Å². The van der Waals surface area contributed by atoms with E-state index < -0.39 is 11.7 Å². The van der Waals surface area contributed by atoms with Crippen molar-refractivity contribution in [3.8, 4) is 5.82 Å². The normalized spacial score (nSPS) is 16.2. The van der Waals surface area contributed by atoms with Crippen LogP contribution < -0.4 is 5.32 Å². The zero-order valence-corrected chi connectivity index (χ0v) is 13.4. The minimum absolute atomic E-state index is 0.0395. The third kappa shape index (κ3) is 2.84. The Morgan fingerprint density at radius 2 is 2.16 bits per heavy atom. The second-order valence-corrected chi connectivity index (χ2v) is 5.87. The number of Topliss-reactive ketones (excluding diaryl/α,β-unsaturated/α-hetero) is 1. The average molecular weight is 336 g/mol. The molecule has 0 fully saturated rings. The van der Waals surface area contributed by atoms with Gasteiger partial charge in [-0.3, -0.25) is 9.59 Å². The van der Waals surface area contributed by atoms with Gasteiger partial charge in [0.25, 0.3) is 11.7 Å². The first kappa shape index (κ1) is 15.3. The molecule has 0 aromatic carbocycles. The Balaban J connectivity index is 1.57. The quantitative estimate of drug-likeness (QED) is 0.583. The molecule has 7 heteroatoms. The Hall–Kier alpha value is -3.22. The van der Waals surface area contributed by atoms with E-state index in [1.54, 1.807) is 23.1 Å². The molecule has 0 saturated carbocycles. The molecule has 1 atom stereocenters. The Morgan fingerprint density at radius 1 is 1.24 bits per heavy atom. The van der Waals surface area contributed by atoms with Gasteiger partial charge in [0, 0.05) is 11.8 Å². The second kappa shape index (κ2) is 6.35. The van der Waals surface area contributed by atoms with Gasteiger partial charge in [-0.1, -0.05) is 6.07 Å². The lowest BCUT2D eigenvalue weighted by Gasteiger charge is -2.23. The van der Waals surface area contributed by atoms with Gasteiger partial charge in [-0.2, -0.15) is 5.10 Å². The zero-order chi connectivity index (χ0) is 17.2. The highest BCUT2D eigenvalue weighted by Gasteiger charge is 2.29. The monoisotopic (exact) mass is 336 g/mol. The SMILES string of the molecule is O=C(NC1CCCc2c1cnn2-c1ccccn1)C(=O)c1ccco1. The molecule has 1 amide bonds. The van der Waals surface area contributed by atoms with E-state index >= 15 is 0 Å². The summed E-state index contributed by atoms with van der Waals surface area (Å²) in [6, 6.07) is 8.45. The smallest absolute Gasteiger partial charge is 0.296 e. The molecule has 0 aliphatic heterocycles. The summed E-state index contributed by atoms with van der Waals surface area (Å²) in [6.45, 7) is 0. The van der Waals surface area contributed by atoms with Crippen molar-refractivity contribution in [2.75, 3.05) is 0 Å². The first-order valence-corrected chi connectivity index (χ1v) is 8.11. The number of carbonyl (C=O) groups excluding carboxylic acids is 2. The summed E-state index contributed by atoms with van der Waals surface area (Å²) in [6.07, 6.45) is 7.34. The second-order valence-electron chi connectivity index (χ2n) is 5.87. The van der Waals surface area contributed by atoms with Gasteiger partial charge < -0.3 is 9.73 Å². The third-order valence-electron chi connectivity index (χ3n) is 4.31. The number of pyridine rings is 1. The summed E-state index contributed by atoms with van der Waals surface area (Å²) in [5.41, 5.74) is 1.94. The van der Waals surface area contributed by atoms with Crippen molar-refractivity contribution >= 4 is 11.7 Å². The molecule has 126 valence electrons. The number of fused-ring (bicyclic) bond motifs is 1. The summed E-state index contributed by atoms with van der Waals surface area (Å²) in [5, 5.41) is 7.23. The lowest BCUT2D eigenvalue weighted by atomic mass is 9.92. The van der Waals surface area contributed by atoms with Gasteiger partial charge in [-0.15, -0.1) is 0 Å². The van der Waals surface area contributed by atoms with E-state index in [2.05, 4.69) is 15.4 Å². The van der Waals surface area contributed by atoms with E-state index in [0.29, 0.717) is 0 Å². The molecule has 3 heterocycles. The lowest BCUT2D eigenvalue weighted by Crippen LogP contribution is -2.35. The molecule has 0 spiro atoms. The van der Waals surface area contributed by atoms with Gasteiger partial charge >= 0.3 is 0 Å². The zero-order valence-electron chi connectivity index (χ0n) is 13.4. The molecule has 3 aromatic heterocycles. The van der Waals surface area contributed by atoms with Crippen LogP contribution in [0.5, 0.6) is 0 Å². The Morgan fingerprint density at radius 3 is 2.92 bits per heavy atom. The van der Waals surface area contributed by atoms with Crippen LogP contribution in [-0.4, -0.2) is 26.5 Å². The molecule has 1 aliphatic rings. The summed E-state index contributed by atoms with van der Waals surface area (Å²) in [5.74, 6) is -0.562. The molecular formula is C18H16N4O3. The van der Waals surface area contributed by atoms with Crippen LogP contribution >= 0.6 is 0 Å². The van der Waals surface area contributed by atoms with Crippen molar-refractivity contribution < 1.29 is 14.0 Å².